The zero-order valence-electron chi connectivity index (χ0n) is 18.1. The average Bonchev–Trinajstić information content (AvgIpc) is 2.81. The van der Waals surface area contributed by atoms with E-state index in [1.165, 1.54) is 4.31 Å². The third-order valence-corrected chi connectivity index (χ3v) is 7.10. The van der Waals surface area contributed by atoms with Gasteiger partial charge in [0.15, 0.2) is 0 Å². The van der Waals surface area contributed by atoms with Crippen LogP contribution in [-0.4, -0.2) is 57.0 Å². The van der Waals surface area contributed by atoms with Crippen LogP contribution < -0.4 is 10.6 Å². The van der Waals surface area contributed by atoms with E-state index < -0.39 is 28.1 Å². The first-order valence-corrected chi connectivity index (χ1v) is 12.1. The molecule has 1 unspecified atom stereocenters. The highest BCUT2D eigenvalue weighted by atomic mass is 32.2. The van der Waals surface area contributed by atoms with Crippen molar-refractivity contribution >= 4 is 21.8 Å². The Hall–Kier alpha value is -2.75. The summed E-state index contributed by atoms with van der Waals surface area (Å²) in [6.07, 6.45) is 1.18. The number of sulfonamides is 1. The van der Waals surface area contributed by atoms with Crippen LogP contribution in [0.2, 0.25) is 0 Å². The fourth-order valence-corrected chi connectivity index (χ4v) is 4.99. The lowest BCUT2D eigenvalue weighted by Gasteiger charge is -2.34. The predicted octanol–water partition coefficient (Wildman–Crippen LogP) is 1.60. The third kappa shape index (κ3) is 6.38. The largest absolute Gasteiger partial charge is 0.360 e. The lowest BCUT2D eigenvalue weighted by molar-refractivity contribution is -0.140. The van der Waals surface area contributed by atoms with Crippen LogP contribution in [0.15, 0.2) is 59.5 Å². The second-order valence-electron chi connectivity index (χ2n) is 7.66. The molecule has 2 N–H and O–H groups in total. The summed E-state index contributed by atoms with van der Waals surface area (Å²) in [5.41, 5.74) is 2.12. The van der Waals surface area contributed by atoms with Crippen LogP contribution in [0.3, 0.4) is 0 Å². The highest BCUT2D eigenvalue weighted by Crippen LogP contribution is 2.22. The van der Waals surface area contributed by atoms with Gasteiger partial charge in [0.1, 0.15) is 6.23 Å². The van der Waals surface area contributed by atoms with Gasteiger partial charge in [0.25, 0.3) is 0 Å². The number of carbonyl (C=O) groups is 2. The predicted molar refractivity (Wildman–Crippen MR) is 120 cm³/mol. The lowest BCUT2D eigenvalue weighted by atomic mass is 10.1. The van der Waals surface area contributed by atoms with Crippen LogP contribution in [0.4, 0.5) is 0 Å². The minimum Gasteiger partial charge on any atom is -0.360 e. The van der Waals surface area contributed by atoms with Gasteiger partial charge in [-0.15, -0.1) is 0 Å². The van der Waals surface area contributed by atoms with E-state index >= 15 is 0 Å². The van der Waals surface area contributed by atoms with Crippen molar-refractivity contribution in [3.63, 3.8) is 0 Å². The van der Waals surface area contributed by atoms with Crippen molar-refractivity contribution < 1.29 is 22.7 Å². The summed E-state index contributed by atoms with van der Waals surface area (Å²) in [7, 11) is -3.78. The summed E-state index contributed by atoms with van der Waals surface area (Å²) in [4.78, 5) is 24.4. The molecule has 0 saturated carbocycles. The summed E-state index contributed by atoms with van der Waals surface area (Å²) in [5, 5.41) is 5.08. The van der Waals surface area contributed by atoms with Gasteiger partial charge in [-0.05, 0) is 43.9 Å². The summed E-state index contributed by atoms with van der Waals surface area (Å²) in [5.74, 6) is -1.56. The number of nitrogens with one attached hydrogen (secondary N) is 2. The van der Waals surface area contributed by atoms with Gasteiger partial charge in [-0.25, -0.2) is 8.42 Å². The van der Waals surface area contributed by atoms with Gasteiger partial charge >= 0.3 is 11.8 Å². The second kappa shape index (κ2) is 11.2. The zero-order chi connectivity index (χ0) is 23.0. The van der Waals surface area contributed by atoms with Crippen molar-refractivity contribution in [2.24, 2.45) is 0 Å². The van der Waals surface area contributed by atoms with Gasteiger partial charge in [-0.2, -0.15) is 4.31 Å². The number of hydrogen-bond acceptors (Lipinski definition) is 5. The third-order valence-electron chi connectivity index (χ3n) is 5.20. The Labute approximate surface area is 189 Å². The molecule has 2 aromatic carbocycles. The topological polar surface area (TPSA) is 105 Å². The van der Waals surface area contributed by atoms with Crippen molar-refractivity contribution in [2.45, 2.75) is 37.3 Å². The van der Waals surface area contributed by atoms with Crippen LogP contribution in [-0.2, 0) is 30.8 Å². The fraction of sp³-hybridized carbons (Fsp3) is 0.391. The van der Waals surface area contributed by atoms with Gasteiger partial charge in [0.2, 0.25) is 10.0 Å². The number of amides is 2. The van der Waals surface area contributed by atoms with Gasteiger partial charge in [-0.1, -0.05) is 48.0 Å². The quantitative estimate of drug-likeness (QED) is 0.461. The minimum atomic E-state index is -3.78. The molecule has 8 nitrogen and oxygen atoms in total. The van der Waals surface area contributed by atoms with Crippen LogP contribution in [0.5, 0.6) is 0 Å². The van der Waals surface area contributed by atoms with Crippen LogP contribution in [0.25, 0.3) is 0 Å². The maximum Gasteiger partial charge on any atom is 0.309 e. The first kappa shape index (κ1) is 23.9. The van der Waals surface area contributed by atoms with Gasteiger partial charge in [0, 0.05) is 13.1 Å². The summed E-state index contributed by atoms with van der Waals surface area (Å²) in [6.45, 7) is 2.80. The number of carbonyl (C=O) groups excluding carboxylic acids is 2. The van der Waals surface area contributed by atoms with Crippen LogP contribution in [0, 0.1) is 6.92 Å². The van der Waals surface area contributed by atoms with E-state index in [4.69, 9.17) is 4.74 Å². The molecule has 0 radical (unpaired) electrons. The molecule has 0 bridgehead atoms. The molecule has 0 spiro atoms. The van der Waals surface area contributed by atoms with E-state index in [9.17, 15) is 18.0 Å². The number of hydrogen-bond donors (Lipinski definition) is 2. The van der Waals surface area contributed by atoms with E-state index in [1.807, 2.05) is 37.3 Å². The molecule has 3 rings (SSSR count). The van der Waals surface area contributed by atoms with Crippen LogP contribution in [0.1, 0.15) is 24.0 Å². The van der Waals surface area contributed by atoms with Gasteiger partial charge in [-0.3, -0.25) is 9.59 Å². The van der Waals surface area contributed by atoms with E-state index in [1.54, 1.807) is 24.3 Å². The number of rotatable bonds is 8. The Morgan fingerprint density at radius 3 is 2.44 bits per heavy atom. The highest BCUT2D eigenvalue weighted by molar-refractivity contribution is 7.89. The van der Waals surface area contributed by atoms with E-state index in [0.717, 1.165) is 17.5 Å². The van der Waals surface area contributed by atoms with E-state index in [2.05, 4.69) is 10.6 Å². The fourth-order valence-electron chi connectivity index (χ4n) is 3.43. The molecular weight excluding hydrogens is 430 g/mol. The standard InChI is InChI=1S/C23H29N3O5S/c1-18-10-12-20(13-11-18)32(29,30)26-15-6-16-31-21(26)17-25-23(28)22(27)24-14-5-9-19-7-3-2-4-8-19/h2-4,7-8,10-13,21H,5-6,9,14-17H2,1H3,(H,24,27)(H,25,28). The number of benzene rings is 2. The smallest absolute Gasteiger partial charge is 0.309 e. The Kier molecular flexibility index (Phi) is 8.38. The SMILES string of the molecule is Cc1ccc(S(=O)(=O)N2CCCOC2CNC(=O)C(=O)NCCCc2ccccc2)cc1. The molecule has 0 aromatic heterocycles. The van der Waals surface area contributed by atoms with Gasteiger partial charge in [0.05, 0.1) is 18.0 Å². The molecule has 2 aromatic rings. The molecular formula is C23H29N3O5S. The molecule has 1 atom stereocenters. The summed E-state index contributed by atoms with van der Waals surface area (Å²) < 4.78 is 32.9. The van der Waals surface area contributed by atoms with Crippen molar-refractivity contribution in [3.8, 4) is 0 Å². The maximum absolute atomic E-state index is 13.0. The Bertz CT molecular complexity index is 1010. The number of aryl methyl sites for hydroxylation is 2. The Morgan fingerprint density at radius 2 is 1.72 bits per heavy atom. The Morgan fingerprint density at radius 1 is 1.03 bits per heavy atom. The summed E-state index contributed by atoms with van der Waals surface area (Å²) in [6, 6.07) is 16.4. The molecule has 0 aliphatic carbocycles. The Balaban J connectivity index is 1.49. The number of nitrogens with zero attached hydrogens (tertiary/aromatic N) is 1. The van der Waals surface area contributed by atoms with E-state index in [-0.39, 0.29) is 18.0 Å². The first-order chi connectivity index (χ1) is 15.4. The van der Waals surface area contributed by atoms with E-state index in [0.29, 0.717) is 26.0 Å². The molecule has 1 aliphatic heterocycles. The summed E-state index contributed by atoms with van der Waals surface area (Å²) >= 11 is 0. The normalized spacial score (nSPS) is 17.0. The van der Waals surface area contributed by atoms with Gasteiger partial charge < -0.3 is 15.4 Å². The first-order valence-electron chi connectivity index (χ1n) is 10.7. The zero-order valence-corrected chi connectivity index (χ0v) is 18.9. The number of ether oxygens (including phenoxy) is 1. The molecule has 2 amide bonds. The van der Waals surface area contributed by atoms with Crippen molar-refractivity contribution in [1.82, 2.24) is 14.9 Å². The van der Waals surface area contributed by atoms with Crippen molar-refractivity contribution in [1.29, 1.82) is 0 Å². The van der Waals surface area contributed by atoms with Crippen molar-refractivity contribution in [3.05, 3.63) is 65.7 Å². The minimum absolute atomic E-state index is 0.110. The molecule has 1 fully saturated rings. The molecule has 9 heteroatoms. The molecule has 1 saturated heterocycles. The second-order valence-corrected chi connectivity index (χ2v) is 9.55. The molecule has 172 valence electrons. The highest BCUT2D eigenvalue weighted by Gasteiger charge is 2.34. The molecule has 32 heavy (non-hydrogen) atoms. The van der Waals surface area contributed by atoms with Crippen molar-refractivity contribution in [2.75, 3.05) is 26.2 Å². The van der Waals surface area contributed by atoms with Crippen LogP contribution >= 0.6 is 0 Å². The molecule has 1 heterocycles. The average molecular weight is 460 g/mol. The molecule has 1 aliphatic rings. The maximum atomic E-state index is 13.0. The lowest BCUT2D eigenvalue weighted by Crippen LogP contribution is -2.53. The monoisotopic (exact) mass is 459 g/mol.